The molecule has 0 radical (unpaired) electrons. The van der Waals surface area contributed by atoms with Crippen molar-refractivity contribution >= 4 is 17.7 Å². The van der Waals surface area contributed by atoms with Crippen molar-refractivity contribution in [2.75, 3.05) is 19.6 Å². The maximum atomic E-state index is 12.9. The summed E-state index contributed by atoms with van der Waals surface area (Å²) in [5.74, 6) is -0.771. The molecule has 3 amide bonds. The highest BCUT2D eigenvalue weighted by Crippen LogP contribution is 2.32. The molecule has 1 aromatic rings. The summed E-state index contributed by atoms with van der Waals surface area (Å²) < 4.78 is 6.32. The molecule has 3 saturated heterocycles. The number of benzene rings is 1. The number of piperidine rings is 1. The van der Waals surface area contributed by atoms with Crippen molar-refractivity contribution in [3.8, 4) is 0 Å². The first kappa shape index (κ1) is 19.7. The summed E-state index contributed by atoms with van der Waals surface area (Å²) >= 11 is 0. The number of ether oxygens (including phenoxy) is 1. The van der Waals surface area contributed by atoms with E-state index in [2.05, 4.69) is 16.0 Å². The van der Waals surface area contributed by atoms with Crippen LogP contribution in [0.1, 0.15) is 53.6 Å². The van der Waals surface area contributed by atoms with E-state index in [9.17, 15) is 14.4 Å². The van der Waals surface area contributed by atoms with Gasteiger partial charge >= 0.3 is 0 Å². The van der Waals surface area contributed by atoms with Crippen LogP contribution in [0.3, 0.4) is 0 Å². The lowest BCUT2D eigenvalue weighted by molar-refractivity contribution is -0.151. The van der Waals surface area contributed by atoms with Crippen molar-refractivity contribution in [2.45, 2.75) is 62.9 Å². The van der Waals surface area contributed by atoms with E-state index in [4.69, 9.17) is 4.74 Å². The van der Waals surface area contributed by atoms with Crippen LogP contribution in [0.5, 0.6) is 0 Å². The summed E-state index contributed by atoms with van der Waals surface area (Å²) in [5.41, 5.74) is 2.76. The Morgan fingerprint density at radius 3 is 2.83 bits per heavy atom. The SMILES string of the molecule is O=C1CCC(N2Cc3c(CNCC4CCCC5(CNC5)O4)cccc3C2=O)C(=O)N1. The zero-order valence-corrected chi connectivity index (χ0v) is 17.0. The molecule has 0 aromatic heterocycles. The van der Waals surface area contributed by atoms with Crippen LogP contribution in [0.2, 0.25) is 0 Å². The Kier molecular flexibility index (Phi) is 5.08. The number of carbonyl (C=O) groups is 3. The standard InChI is InChI=1S/C22H28N4O4/c27-19-7-6-18(20(28)25-19)26-11-17-14(3-1-5-16(17)21(26)29)9-23-10-15-4-2-8-22(30-15)12-24-13-22/h1,3,5,15,18,23-24H,2,4,6-13H2,(H,25,27,28). The zero-order chi connectivity index (χ0) is 20.7. The molecular formula is C22H28N4O4. The van der Waals surface area contributed by atoms with Crippen LogP contribution < -0.4 is 16.0 Å². The monoisotopic (exact) mass is 412 g/mol. The van der Waals surface area contributed by atoms with Gasteiger partial charge in [0.15, 0.2) is 0 Å². The van der Waals surface area contributed by atoms with Crippen molar-refractivity contribution in [1.29, 1.82) is 0 Å². The van der Waals surface area contributed by atoms with Crippen LogP contribution in [0.15, 0.2) is 18.2 Å². The first-order chi connectivity index (χ1) is 14.5. The molecule has 160 valence electrons. The third-order valence-corrected chi connectivity index (χ3v) is 6.84. The van der Waals surface area contributed by atoms with E-state index in [0.29, 0.717) is 25.1 Å². The van der Waals surface area contributed by atoms with E-state index in [-0.39, 0.29) is 35.8 Å². The third kappa shape index (κ3) is 3.53. The quantitative estimate of drug-likeness (QED) is 0.608. The van der Waals surface area contributed by atoms with Gasteiger partial charge in [0.2, 0.25) is 11.8 Å². The first-order valence-electron chi connectivity index (χ1n) is 10.9. The topological polar surface area (TPSA) is 99.8 Å². The van der Waals surface area contributed by atoms with Crippen LogP contribution in [0.4, 0.5) is 0 Å². The smallest absolute Gasteiger partial charge is 0.255 e. The van der Waals surface area contributed by atoms with Gasteiger partial charge in [-0.3, -0.25) is 19.7 Å². The predicted molar refractivity (Wildman–Crippen MR) is 109 cm³/mol. The van der Waals surface area contributed by atoms with Gasteiger partial charge in [-0.2, -0.15) is 0 Å². The Morgan fingerprint density at radius 1 is 1.20 bits per heavy atom. The highest BCUT2D eigenvalue weighted by atomic mass is 16.5. The maximum absolute atomic E-state index is 12.9. The molecule has 8 nitrogen and oxygen atoms in total. The largest absolute Gasteiger partial charge is 0.368 e. The van der Waals surface area contributed by atoms with E-state index >= 15 is 0 Å². The molecule has 30 heavy (non-hydrogen) atoms. The summed E-state index contributed by atoms with van der Waals surface area (Å²) in [7, 11) is 0. The van der Waals surface area contributed by atoms with Gasteiger partial charge in [0.25, 0.3) is 5.91 Å². The molecule has 0 saturated carbocycles. The first-order valence-corrected chi connectivity index (χ1v) is 10.9. The lowest BCUT2D eigenvalue weighted by Crippen LogP contribution is -2.64. The van der Waals surface area contributed by atoms with E-state index in [0.717, 1.165) is 43.6 Å². The molecule has 3 N–H and O–H groups in total. The fourth-order valence-corrected chi connectivity index (χ4v) is 5.11. The van der Waals surface area contributed by atoms with Gasteiger partial charge in [-0.1, -0.05) is 12.1 Å². The summed E-state index contributed by atoms with van der Waals surface area (Å²) in [4.78, 5) is 38.2. The predicted octanol–water partition coefficient (Wildman–Crippen LogP) is 0.448. The fraction of sp³-hybridized carbons (Fsp3) is 0.591. The van der Waals surface area contributed by atoms with E-state index in [1.165, 1.54) is 6.42 Å². The van der Waals surface area contributed by atoms with Gasteiger partial charge in [-0.05, 0) is 42.9 Å². The third-order valence-electron chi connectivity index (χ3n) is 6.84. The number of fused-ring (bicyclic) bond motifs is 1. The lowest BCUT2D eigenvalue weighted by Gasteiger charge is -2.48. The molecule has 4 heterocycles. The number of hydrogen-bond donors (Lipinski definition) is 3. The minimum absolute atomic E-state index is 0.0491. The fourth-order valence-electron chi connectivity index (χ4n) is 5.11. The maximum Gasteiger partial charge on any atom is 0.255 e. The average Bonchev–Trinajstić information content (AvgIpc) is 3.04. The lowest BCUT2D eigenvalue weighted by atomic mass is 9.86. The summed E-state index contributed by atoms with van der Waals surface area (Å²) in [6, 6.07) is 5.18. The van der Waals surface area contributed by atoms with Crippen LogP contribution in [0, 0.1) is 0 Å². The molecule has 4 aliphatic rings. The second-order valence-corrected chi connectivity index (χ2v) is 8.89. The Bertz CT molecular complexity index is 882. The van der Waals surface area contributed by atoms with Crippen LogP contribution in [-0.2, 0) is 27.4 Å². The number of nitrogens with zero attached hydrogens (tertiary/aromatic N) is 1. The normalized spacial score (nSPS) is 27.7. The second-order valence-electron chi connectivity index (χ2n) is 8.89. The molecule has 2 atom stereocenters. The van der Waals surface area contributed by atoms with E-state index < -0.39 is 6.04 Å². The molecule has 1 spiro atoms. The molecule has 3 fully saturated rings. The van der Waals surface area contributed by atoms with E-state index in [1.54, 1.807) is 4.90 Å². The number of nitrogens with one attached hydrogen (secondary N) is 3. The zero-order valence-electron chi connectivity index (χ0n) is 17.0. The second kappa shape index (κ2) is 7.76. The average molecular weight is 412 g/mol. The van der Waals surface area contributed by atoms with Crippen LogP contribution in [0.25, 0.3) is 0 Å². The van der Waals surface area contributed by atoms with Gasteiger partial charge in [0.1, 0.15) is 6.04 Å². The van der Waals surface area contributed by atoms with Gasteiger partial charge in [0.05, 0.1) is 11.7 Å². The molecule has 5 rings (SSSR count). The molecule has 4 aliphatic heterocycles. The Morgan fingerprint density at radius 2 is 2.07 bits per heavy atom. The Balaban J connectivity index is 1.22. The molecule has 0 aliphatic carbocycles. The molecule has 2 unspecified atom stereocenters. The molecule has 1 aromatic carbocycles. The van der Waals surface area contributed by atoms with Crippen molar-refractivity contribution in [3.05, 3.63) is 34.9 Å². The summed E-state index contributed by atoms with van der Waals surface area (Å²) in [6.45, 7) is 3.76. The van der Waals surface area contributed by atoms with Crippen LogP contribution >= 0.6 is 0 Å². The van der Waals surface area contributed by atoms with Crippen molar-refractivity contribution in [3.63, 3.8) is 0 Å². The van der Waals surface area contributed by atoms with Crippen molar-refractivity contribution < 1.29 is 19.1 Å². The van der Waals surface area contributed by atoms with Crippen molar-refractivity contribution in [1.82, 2.24) is 20.9 Å². The number of rotatable bonds is 5. The minimum atomic E-state index is -0.577. The highest BCUT2D eigenvalue weighted by molar-refractivity contribution is 6.05. The van der Waals surface area contributed by atoms with E-state index in [1.807, 2.05) is 18.2 Å². The molecule has 8 heteroatoms. The number of imide groups is 1. The van der Waals surface area contributed by atoms with Crippen molar-refractivity contribution in [2.24, 2.45) is 0 Å². The molecule has 0 bridgehead atoms. The Hall–Kier alpha value is -2.29. The summed E-state index contributed by atoms with van der Waals surface area (Å²) in [6.07, 6.45) is 4.28. The van der Waals surface area contributed by atoms with Gasteiger partial charge in [0, 0.05) is 44.7 Å². The Labute approximate surface area is 175 Å². The molecular weight excluding hydrogens is 384 g/mol. The van der Waals surface area contributed by atoms with Crippen LogP contribution in [-0.4, -0.2) is 60.0 Å². The van der Waals surface area contributed by atoms with Gasteiger partial charge < -0.3 is 20.3 Å². The van der Waals surface area contributed by atoms with Gasteiger partial charge in [-0.25, -0.2) is 0 Å². The minimum Gasteiger partial charge on any atom is -0.368 e. The highest BCUT2D eigenvalue weighted by Gasteiger charge is 2.42. The number of hydrogen-bond acceptors (Lipinski definition) is 6. The summed E-state index contributed by atoms with van der Waals surface area (Å²) in [5, 5.41) is 9.18. The number of carbonyl (C=O) groups excluding carboxylic acids is 3. The number of amides is 3. The van der Waals surface area contributed by atoms with Gasteiger partial charge in [-0.15, -0.1) is 0 Å².